The molecular weight excluding hydrogens is 224 g/mol. The van der Waals surface area contributed by atoms with Crippen molar-refractivity contribution >= 4 is 0 Å². The lowest BCUT2D eigenvalue weighted by atomic mass is 9.77. The van der Waals surface area contributed by atoms with Gasteiger partial charge in [0.05, 0.1) is 6.61 Å². The number of hydrogen-bond acceptors (Lipinski definition) is 3. The molecule has 1 aliphatic rings. The zero-order chi connectivity index (χ0) is 13.0. The van der Waals surface area contributed by atoms with E-state index in [0.29, 0.717) is 0 Å². The smallest absolute Gasteiger partial charge is 0.0613 e. The normalized spacial score (nSPS) is 28.3. The lowest BCUT2D eigenvalue weighted by molar-refractivity contribution is 0.104. The lowest BCUT2D eigenvalue weighted by Crippen LogP contribution is -2.50. The average molecular weight is 248 g/mol. The standard InChI is InChI=1S/C15H24N2O/c1-12-5-7-15(11-18,8-6-12)17-10-14-4-3-13(2)16-9-14/h3-4,9,12,17-18H,5-8,10-11H2,1-2H3. The summed E-state index contributed by atoms with van der Waals surface area (Å²) in [5.74, 6) is 0.799. The molecule has 0 aromatic carbocycles. The topological polar surface area (TPSA) is 45.1 Å². The Hall–Kier alpha value is -0.930. The van der Waals surface area contributed by atoms with Crippen LogP contribution in [0.1, 0.15) is 43.9 Å². The zero-order valence-corrected chi connectivity index (χ0v) is 11.4. The van der Waals surface area contributed by atoms with Gasteiger partial charge in [-0.3, -0.25) is 4.98 Å². The highest BCUT2D eigenvalue weighted by molar-refractivity contribution is 5.13. The van der Waals surface area contributed by atoms with E-state index in [-0.39, 0.29) is 12.1 Å². The van der Waals surface area contributed by atoms with Crippen molar-refractivity contribution in [1.29, 1.82) is 0 Å². The van der Waals surface area contributed by atoms with E-state index in [1.54, 1.807) is 0 Å². The van der Waals surface area contributed by atoms with Crippen LogP contribution in [0.3, 0.4) is 0 Å². The summed E-state index contributed by atoms with van der Waals surface area (Å²) in [7, 11) is 0. The Morgan fingerprint density at radius 1 is 1.39 bits per heavy atom. The second-order valence-corrected chi connectivity index (χ2v) is 5.78. The fourth-order valence-electron chi connectivity index (χ4n) is 2.60. The zero-order valence-electron chi connectivity index (χ0n) is 11.4. The van der Waals surface area contributed by atoms with E-state index < -0.39 is 0 Å². The Labute approximate surface area is 110 Å². The third-order valence-electron chi connectivity index (χ3n) is 4.17. The van der Waals surface area contributed by atoms with Gasteiger partial charge in [-0.05, 0) is 50.2 Å². The Morgan fingerprint density at radius 3 is 2.67 bits per heavy atom. The maximum Gasteiger partial charge on any atom is 0.0613 e. The summed E-state index contributed by atoms with van der Waals surface area (Å²) in [6.45, 7) is 5.32. The van der Waals surface area contributed by atoms with Gasteiger partial charge in [0.15, 0.2) is 0 Å². The quantitative estimate of drug-likeness (QED) is 0.860. The molecule has 1 aromatic heterocycles. The van der Waals surface area contributed by atoms with E-state index >= 15 is 0 Å². The van der Waals surface area contributed by atoms with Crippen molar-refractivity contribution in [2.45, 2.75) is 51.6 Å². The van der Waals surface area contributed by atoms with Gasteiger partial charge in [-0.25, -0.2) is 0 Å². The molecule has 1 aromatic rings. The number of aryl methyl sites for hydroxylation is 1. The molecule has 2 N–H and O–H groups in total. The molecule has 100 valence electrons. The van der Waals surface area contributed by atoms with Gasteiger partial charge in [0.2, 0.25) is 0 Å². The van der Waals surface area contributed by atoms with Crippen LogP contribution in [-0.4, -0.2) is 22.2 Å². The molecule has 0 spiro atoms. The van der Waals surface area contributed by atoms with Crippen molar-refractivity contribution in [3.05, 3.63) is 29.6 Å². The Balaban J connectivity index is 1.92. The third kappa shape index (κ3) is 3.30. The highest BCUT2D eigenvalue weighted by Gasteiger charge is 2.32. The molecule has 0 atom stereocenters. The molecular formula is C15H24N2O. The van der Waals surface area contributed by atoms with Crippen molar-refractivity contribution in [1.82, 2.24) is 10.3 Å². The SMILES string of the molecule is Cc1ccc(CNC2(CO)CCC(C)CC2)cn1. The number of nitrogens with one attached hydrogen (secondary N) is 1. The summed E-state index contributed by atoms with van der Waals surface area (Å²) in [5.41, 5.74) is 2.16. The third-order valence-corrected chi connectivity index (χ3v) is 4.17. The van der Waals surface area contributed by atoms with E-state index in [2.05, 4.69) is 23.3 Å². The van der Waals surface area contributed by atoms with E-state index in [1.807, 2.05) is 19.2 Å². The summed E-state index contributed by atoms with van der Waals surface area (Å²) >= 11 is 0. The van der Waals surface area contributed by atoms with Crippen molar-refractivity contribution < 1.29 is 5.11 Å². The first kappa shape index (κ1) is 13.5. The monoisotopic (exact) mass is 248 g/mol. The Morgan fingerprint density at radius 2 is 2.11 bits per heavy atom. The van der Waals surface area contributed by atoms with Crippen molar-refractivity contribution in [2.75, 3.05) is 6.61 Å². The van der Waals surface area contributed by atoms with Gasteiger partial charge in [-0.1, -0.05) is 13.0 Å². The van der Waals surface area contributed by atoms with Gasteiger partial charge in [0, 0.05) is 24.0 Å². The first-order valence-corrected chi connectivity index (χ1v) is 6.91. The van der Waals surface area contributed by atoms with E-state index in [1.165, 1.54) is 18.4 Å². The predicted octanol–water partition coefficient (Wildman–Crippen LogP) is 2.42. The number of aromatic nitrogens is 1. The fourth-order valence-corrected chi connectivity index (χ4v) is 2.60. The molecule has 1 fully saturated rings. The second kappa shape index (κ2) is 5.81. The van der Waals surface area contributed by atoms with Gasteiger partial charge in [0.25, 0.3) is 0 Å². The van der Waals surface area contributed by atoms with Crippen LogP contribution in [0.15, 0.2) is 18.3 Å². The molecule has 1 aliphatic carbocycles. The molecule has 18 heavy (non-hydrogen) atoms. The van der Waals surface area contributed by atoms with Crippen LogP contribution in [0.25, 0.3) is 0 Å². The number of hydrogen-bond donors (Lipinski definition) is 2. The largest absolute Gasteiger partial charge is 0.394 e. The minimum Gasteiger partial charge on any atom is -0.394 e. The van der Waals surface area contributed by atoms with Gasteiger partial charge in [0.1, 0.15) is 0 Å². The molecule has 2 rings (SSSR count). The molecule has 3 heteroatoms. The number of rotatable bonds is 4. The fraction of sp³-hybridized carbons (Fsp3) is 0.667. The van der Waals surface area contributed by atoms with Gasteiger partial charge in [-0.2, -0.15) is 0 Å². The lowest BCUT2D eigenvalue weighted by Gasteiger charge is -2.39. The summed E-state index contributed by atoms with van der Waals surface area (Å²) in [6, 6.07) is 4.14. The van der Waals surface area contributed by atoms with Crippen molar-refractivity contribution in [3.8, 4) is 0 Å². The van der Waals surface area contributed by atoms with Crippen LogP contribution in [0.4, 0.5) is 0 Å². The Kier molecular flexibility index (Phi) is 4.36. The van der Waals surface area contributed by atoms with Crippen LogP contribution in [0, 0.1) is 12.8 Å². The van der Waals surface area contributed by atoms with E-state index in [4.69, 9.17) is 0 Å². The minimum atomic E-state index is -0.0720. The summed E-state index contributed by atoms with van der Waals surface area (Å²) in [5, 5.41) is 13.2. The van der Waals surface area contributed by atoms with Crippen LogP contribution in [-0.2, 0) is 6.54 Å². The predicted molar refractivity (Wildman–Crippen MR) is 73.3 cm³/mol. The number of aliphatic hydroxyl groups excluding tert-OH is 1. The van der Waals surface area contributed by atoms with Gasteiger partial charge >= 0.3 is 0 Å². The van der Waals surface area contributed by atoms with Crippen LogP contribution >= 0.6 is 0 Å². The van der Waals surface area contributed by atoms with E-state index in [0.717, 1.165) is 31.0 Å². The molecule has 0 radical (unpaired) electrons. The van der Waals surface area contributed by atoms with Crippen molar-refractivity contribution in [2.24, 2.45) is 5.92 Å². The van der Waals surface area contributed by atoms with Crippen LogP contribution in [0.5, 0.6) is 0 Å². The summed E-state index contributed by atoms with van der Waals surface area (Å²) in [6.07, 6.45) is 6.48. The van der Waals surface area contributed by atoms with Gasteiger partial charge in [-0.15, -0.1) is 0 Å². The van der Waals surface area contributed by atoms with E-state index in [9.17, 15) is 5.11 Å². The average Bonchev–Trinajstić information content (AvgIpc) is 2.41. The molecule has 1 saturated carbocycles. The summed E-state index contributed by atoms with van der Waals surface area (Å²) in [4.78, 5) is 4.30. The molecule has 0 saturated heterocycles. The molecule has 3 nitrogen and oxygen atoms in total. The van der Waals surface area contributed by atoms with Crippen molar-refractivity contribution in [3.63, 3.8) is 0 Å². The number of pyridine rings is 1. The maximum absolute atomic E-state index is 9.67. The van der Waals surface area contributed by atoms with Gasteiger partial charge < -0.3 is 10.4 Å². The molecule has 0 unspecified atom stereocenters. The highest BCUT2D eigenvalue weighted by Crippen LogP contribution is 2.31. The Bertz CT molecular complexity index is 367. The summed E-state index contributed by atoms with van der Waals surface area (Å²) < 4.78 is 0. The molecule has 0 aliphatic heterocycles. The number of nitrogens with zero attached hydrogens (tertiary/aromatic N) is 1. The minimum absolute atomic E-state index is 0.0720. The molecule has 0 amide bonds. The second-order valence-electron chi connectivity index (χ2n) is 5.78. The maximum atomic E-state index is 9.67. The molecule has 1 heterocycles. The molecule has 0 bridgehead atoms. The highest BCUT2D eigenvalue weighted by atomic mass is 16.3. The van der Waals surface area contributed by atoms with Crippen LogP contribution < -0.4 is 5.32 Å². The first-order chi connectivity index (χ1) is 8.63. The van der Waals surface area contributed by atoms with Crippen LogP contribution in [0.2, 0.25) is 0 Å². The number of aliphatic hydroxyl groups is 1. The first-order valence-electron chi connectivity index (χ1n) is 6.91.